The molecular formula is C14H23N3O3. The maximum absolute atomic E-state index is 9.67. The minimum absolute atomic E-state index is 0.139. The lowest BCUT2D eigenvalue weighted by atomic mass is 9.87. The molecule has 2 rings (SSSR count). The van der Waals surface area contributed by atoms with Crippen molar-refractivity contribution in [3.63, 3.8) is 0 Å². The topological polar surface area (TPSA) is 76.5 Å². The highest BCUT2D eigenvalue weighted by Gasteiger charge is 2.20. The SMILES string of the molecule is COc1ncnc(OC)c1CNCC1CCCC(O)C1. The number of hydrogen-bond donors (Lipinski definition) is 2. The highest BCUT2D eigenvalue weighted by molar-refractivity contribution is 5.34. The molecule has 0 aliphatic heterocycles. The molecule has 0 bridgehead atoms. The number of ether oxygens (including phenoxy) is 2. The molecule has 0 amide bonds. The molecular weight excluding hydrogens is 258 g/mol. The van der Waals surface area contributed by atoms with Gasteiger partial charge >= 0.3 is 0 Å². The normalized spacial score (nSPS) is 22.6. The van der Waals surface area contributed by atoms with Crippen LogP contribution in [0.3, 0.4) is 0 Å². The van der Waals surface area contributed by atoms with Gasteiger partial charge in [-0.3, -0.25) is 0 Å². The van der Waals surface area contributed by atoms with Crippen LogP contribution in [0.4, 0.5) is 0 Å². The Kier molecular flexibility index (Phi) is 5.55. The Labute approximate surface area is 119 Å². The van der Waals surface area contributed by atoms with Crippen LogP contribution in [-0.4, -0.2) is 41.9 Å². The molecule has 1 saturated carbocycles. The quantitative estimate of drug-likeness (QED) is 0.814. The zero-order valence-electron chi connectivity index (χ0n) is 12.1. The second kappa shape index (κ2) is 7.40. The van der Waals surface area contributed by atoms with Crippen LogP contribution in [0.1, 0.15) is 31.2 Å². The lowest BCUT2D eigenvalue weighted by molar-refractivity contribution is 0.100. The smallest absolute Gasteiger partial charge is 0.224 e. The third-order valence-electron chi connectivity index (χ3n) is 3.74. The van der Waals surface area contributed by atoms with Crippen LogP contribution in [-0.2, 0) is 6.54 Å². The third kappa shape index (κ3) is 3.80. The number of aliphatic hydroxyl groups excluding tert-OH is 1. The molecule has 2 N–H and O–H groups in total. The van der Waals surface area contributed by atoms with Crippen molar-refractivity contribution in [1.29, 1.82) is 0 Å². The molecule has 112 valence electrons. The van der Waals surface area contributed by atoms with E-state index < -0.39 is 0 Å². The van der Waals surface area contributed by atoms with Crippen LogP contribution >= 0.6 is 0 Å². The van der Waals surface area contributed by atoms with E-state index in [0.29, 0.717) is 24.2 Å². The van der Waals surface area contributed by atoms with Crippen LogP contribution in [0.15, 0.2) is 6.33 Å². The van der Waals surface area contributed by atoms with Gasteiger partial charge in [0.15, 0.2) is 0 Å². The molecule has 1 fully saturated rings. The summed E-state index contributed by atoms with van der Waals surface area (Å²) in [6.07, 6.45) is 5.38. The summed E-state index contributed by atoms with van der Waals surface area (Å²) >= 11 is 0. The number of methoxy groups -OCH3 is 2. The first-order valence-electron chi connectivity index (χ1n) is 7.05. The summed E-state index contributed by atoms with van der Waals surface area (Å²) in [5.41, 5.74) is 0.828. The molecule has 0 radical (unpaired) electrons. The van der Waals surface area contributed by atoms with Gasteiger partial charge in [0.2, 0.25) is 11.8 Å². The van der Waals surface area contributed by atoms with Crippen molar-refractivity contribution < 1.29 is 14.6 Å². The summed E-state index contributed by atoms with van der Waals surface area (Å²) in [6.45, 7) is 1.47. The Hall–Kier alpha value is -1.40. The number of hydrogen-bond acceptors (Lipinski definition) is 6. The fourth-order valence-electron chi connectivity index (χ4n) is 2.73. The number of aliphatic hydroxyl groups is 1. The molecule has 1 aromatic rings. The first-order valence-corrected chi connectivity index (χ1v) is 7.05. The summed E-state index contributed by atoms with van der Waals surface area (Å²) in [5.74, 6) is 1.60. The van der Waals surface area contributed by atoms with E-state index in [1.54, 1.807) is 14.2 Å². The molecule has 6 heteroatoms. The molecule has 20 heavy (non-hydrogen) atoms. The standard InChI is InChI=1S/C14H23N3O3/c1-19-13-12(14(20-2)17-9-16-13)8-15-7-10-4-3-5-11(18)6-10/h9-11,15,18H,3-8H2,1-2H3. The van der Waals surface area contributed by atoms with Crippen LogP contribution < -0.4 is 14.8 Å². The second-order valence-electron chi connectivity index (χ2n) is 5.19. The number of aromatic nitrogens is 2. The first kappa shape index (κ1) is 15.0. The molecule has 2 atom stereocenters. The van der Waals surface area contributed by atoms with Gasteiger partial charge in [0, 0.05) is 6.54 Å². The number of rotatable bonds is 6. The molecule has 2 unspecified atom stereocenters. The average molecular weight is 281 g/mol. The Bertz CT molecular complexity index is 406. The predicted molar refractivity (Wildman–Crippen MR) is 74.8 cm³/mol. The van der Waals surface area contributed by atoms with E-state index in [1.807, 2.05) is 0 Å². The van der Waals surface area contributed by atoms with E-state index in [-0.39, 0.29) is 6.10 Å². The van der Waals surface area contributed by atoms with Crippen molar-refractivity contribution in [1.82, 2.24) is 15.3 Å². The number of nitrogens with one attached hydrogen (secondary N) is 1. The van der Waals surface area contributed by atoms with Gasteiger partial charge < -0.3 is 19.9 Å². The zero-order chi connectivity index (χ0) is 14.4. The van der Waals surface area contributed by atoms with Crippen molar-refractivity contribution in [3.8, 4) is 11.8 Å². The summed E-state index contributed by atoms with van der Waals surface area (Å²) in [5, 5.41) is 13.1. The Morgan fingerprint density at radius 2 is 1.95 bits per heavy atom. The van der Waals surface area contributed by atoms with Gasteiger partial charge in [0.05, 0.1) is 25.9 Å². The minimum Gasteiger partial charge on any atom is -0.481 e. The van der Waals surface area contributed by atoms with E-state index in [9.17, 15) is 5.11 Å². The Morgan fingerprint density at radius 1 is 1.25 bits per heavy atom. The van der Waals surface area contributed by atoms with Crippen molar-refractivity contribution in [3.05, 3.63) is 11.9 Å². The van der Waals surface area contributed by atoms with E-state index in [4.69, 9.17) is 9.47 Å². The van der Waals surface area contributed by atoms with Crippen molar-refractivity contribution in [2.45, 2.75) is 38.3 Å². The van der Waals surface area contributed by atoms with Gasteiger partial charge in [-0.25, -0.2) is 9.97 Å². The fourth-order valence-corrected chi connectivity index (χ4v) is 2.73. The van der Waals surface area contributed by atoms with Gasteiger partial charge in [0.1, 0.15) is 6.33 Å². The highest BCUT2D eigenvalue weighted by Crippen LogP contribution is 2.25. The summed E-state index contributed by atoms with van der Waals surface area (Å²) in [7, 11) is 3.17. The van der Waals surface area contributed by atoms with E-state index in [1.165, 1.54) is 12.7 Å². The lowest BCUT2D eigenvalue weighted by Crippen LogP contribution is -2.29. The molecule has 1 heterocycles. The van der Waals surface area contributed by atoms with Gasteiger partial charge in [-0.2, -0.15) is 0 Å². The van der Waals surface area contributed by atoms with Gasteiger partial charge in [0.25, 0.3) is 0 Å². The van der Waals surface area contributed by atoms with Crippen molar-refractivity contribution in [2.24, 2.45) is 5.92 Å². The minimum atomic E-state index is -0.139. The van der Waals surface area contributed by atoms with E-state index in [0.717, 1.165) is 31.4 Å². The maximum Gasteiger partial charge on any atom is 0.224 e. The van der Waals surface area contributed by atoms with Crippen LogP contribution in [0, 0.1) is 5.92 Å². The zero-order valence-corrected chi connectivity index (χ0v) is 12.1. The maximum atomic E-state index is 9.67. The molecule has 0 saturated heterocycles. The summed E-state index contributed by atoms with van der Waals surface area (Å²) < 4.78 is 10.5. The first-order chi connectivity index (χ1) is 9.74. The molecule has 1 aliphatic carbocycles. The second-order valence-corrected chi connectivity index (χ2v) is 5.19. The van der Waals surface area contributed by atoms with Crippen LogP contribution in [0.25, 0.3) is 0 Å². The molecule has 0 aromatic carbocycles. The van der Waals surface area contributed by atoms with E-state index >= 15 is 0 Å². The monoisotopic (exact) mass is 281 g/mol. The third-order valence-corrected chi connectivity index (χ3v) is 3.74. The van der Waals surface area contributed by atoms with Gasteiger partial charge in [-0.15, -0.1) is 0 Å². The Morgan fingerprint density at radius 3 is 2.55 bits per heavy atom. The molecule has 1 aromatic heterocycles. The summed E-state index contributed by atoms with van der Waals surface area (Å²) in [6, 6.07) is 0. The molecule has 0 spiro atoms. The Balaban J connectivity index is 1.90. The van der Waals surface area contributed by atoms with Crippen molar-refractivity contribution >= 4 is 0 Å². The number of nitrogens with zero attached hydrogens (tertiary/aromatic N) is 2. The molecule has 6 nitrogen and oxygen atoms in total. The summed E-state index contributed by atoms with van der Waals surface area (Å²) in [4.78, 5) is 8.18. The van der Waals surface area contributed by atoms with Crippen LogP contribution in [0.5, 0.6) is 11.8 Å². The van der Waals surface area contributed by atoms with Crippen LogP contribution in [0.2, 0.25) is 0 Å². The van der Waals surface area contributed by atoms with Gasteiger partial charge in [-0.05, 0) is 31.7 Å². The molecule has 1 aliphatic rings. The average Bonchev–Trinajstić information content (AvgIpc) is 2.47. The predicted octanol–water partition coefficient (Wildman–Crippen LogP) is 1.13. The fraction of sp³-hybridized carbons (Fsp3) is 0.714. The highest BCUT2D eigenvalue weighted by atomic mass is 16.5. The van der Waals surface area contributed by atoms with Gasteiger partial charge in [-0.1, -0.05) is 6.42 Å². The van der Waals surface area contributed by atoms with Crippen molar-refractivity contribution in [2.75, 3.05) is 20.8 Å². The lowest BCUT2D eigenvalue weighted by Gasteiger charge is -2.26. The largest absolute Gasteiger partial charge is 0.481 e. The van der Waals surface area contributed by atoms with E-state index in [2.05, 4.69) is 15.3 Å².